The van der Waals surface area contributed by atoms with Crippen LogP contribution in [-0.2, 0) is 11.3 Å². The number of hydrogen-bond acceptors (Lipinski definition) is 7. The third-order valence-electron chi connectivity index (χ3n) is 8.85. The van der Waals surface area contributed by atoms with E-state index >= 15 is 0 Å². The van der Waals surface area contributed by atoms with Gasteiger partial charge >= 0.3 is 12.0 Å². The van der Waals surface area contributed by atoms with E-state index in [9.17, 15) is 14.0 Å². The highest BCUT2D eigenvalue weighted by Gasteiger charge is 2.45. The van der Waals surface area contributed by atoms with Crippen molar-refractivity contribution in [1.82, 2.24) is 24.7 Å². The average molecular weight is 589 g/mol. The average Bonchev–Trinajstić information content (AvgIpc) is 3.36. The molecule has 2 amide bonds. The second-order valence-corrected chi connectivity index (χ2v) is 11.6. The molecule has 3 fully saturated rings. The molecule has 43 heavy (non-hydrogen) atoms. The standard InChI is InChI=1S/C32H37FN6O4/c1-21-24(18-34-31(35-21)36-26-7-5-22(6-8-26)30(40)41)19-37-13-9-28(10-14-37)39-29(23-3-2-4-25(33)17-23)20-38(32(39)42)27-11-15-43-16-12-27/h2-8,17-18,27-29H,9-16,19-20H2,1H3,(H,40,41)(H,34,35,36). The topological polar surface area (TPSA) is 111 Å². The van der Waals surface area contributed by atoms with E-state index in [1.165, 1.54) is 18.2 Å². The van der Waals surface area contributed by atoms with E-state index in [1.807, 2.05) is 29.0 Å². The van der Waals surface area contributed by atoms with Crippen LogP contribution < -0.4 is 5.32 Å². The molecule has 10 nitrogen and oxygen atoms in total. The smallest absolute Gasteiger partial charge is 0.335 e. The Hall–Kier alpha value is -4.09. The van der Waals surface area contributed by atoms with Crippen molar-refractivity contribution >= 4 is 23.6 Å². The largest absolute Gasteiger partial charge is 0.478 e. The van der Waals surface area contributed by atoms with Crippen LogP contribution in [0, 0.1) is 12.7 Å². The zero-order chi connectivity index (χ0) is 29.9. The van der Waals surface area contributed by atoms with E-state index in [-0.39, 0.29) is 35.5 Å². The van der Waals surface area contributed by atoms with Crippen molar-refractivity contribution in [2.75, 3.05) is 38.2 Å². The van der Waals surface area contributed by atoms with Crippen molar-refractivity contribution in [2.45, 2.75) is 57.3 Å². The Balaban J connectivity index is 1.09. The molecule has 1 unspecified atom stereocenters. The molecule has 1 aromatic heterocycles. The van der Waals surface area contributed by atoms with Crippen LogP contribution in [0.4, 0.5) is 20.8 Å². The highest BCUT2D eigenvalue weighted by Crippen LogP contribution is 2.37. The van der Waals surface area contributed by atoms with Gasteiger partial charge in [0.25, 0.3) is 0 Å². The molecule has 6 rings (SSSR count). The van der Waals surface area contributed by atoms with Crippen molar-refractivity contribution < 1.29 is 23.8 Å². The van der Waals surface area contributed by atoms with Gasteiger partial charge in [0.2, 0.25) is 5.95 Å². The summed E-state index contributed by atoms with van der Waals surface area (Å²) in [6, 6.07) is 13.3. The molecule has 4 heterocycles. The number of nitrogens with one attached hydrogen (secondary N) is 1. The summed E-state index contributed by atoms with van der Waals surface area (Å²) in [6.45, 7) is 6.23. The fourth-order valence-electron chi connectivity index (χ4n) is 6.46. The zero-order valence-electron chi connectivity index (χ0n) is 24.3. The van der Waals surface area contributed by atoms with Crippen LogP contribution in [0.1, 0.15) is 58.9 Å². The molecule has 3 saturated heterocycles. The maximum Gasteiger partial charge on any atom is 0.335 e. The molecule has 3 aromatic rings. The summed E-state index contributed by atoms with van der Waals surface area (Å²) in [4.78, 5) is 40.4. The minimum Gasteiger partial charge on any atom is -0.478 e. The van der Waals surface area contributed by atoms with Gasteiger partial charge in [-0.1, -0.05) is 12.1 Å². The summed E-state index contributed by atoms with van der Waals surface area (Å²) in [5.74, 6) is -0.797. The summed E-state index contributed by atoms with van der Waals surface area (Å²) in [5.41, 5.74) is 3.69. The number of aryl methyl sites for hydroxylation is 1. The number of anilines is 2. The Morgan fingerprint density at radius 1 is 1.07 bits per heavy atom. The molecule has 0 radical (unpaired) electrons. The van der Waals surface area contributed by atoms with Gasteiger partial charge in [0.05, 0.1) is 11.6 Å². The number of rotatable bonds is 8. The molecular formula is C32H37FN6O4. The number of carboxylic acids is 1. The maximum absolute atomic E-state index is 14.2. The molecule has 0 bridgehead atoms. The number of aromatic nitrogens is 2. The van der Waals surface area contributed by atoms with E-state index in [0.29, 0.717) is 37.9 Å². The first-order chi connectivity index (χ1) is 20.9. The van der Waals surface area contributed by atoms with E-state index < -0.39 is 5.97 Å². The highest BCUT2D eigenvalue weighted by atomic mass is 19.1. The highest BCUT2D eigenvalue weighted by molar-refractivity contribution is 5.88. The van der Waals surface area contributed by atoms with Gasteiger partial charge in [-0.15, -0.1) is 0 Å². The fourth-order valence-corrected chi connectivity index (χ4v) is 6.46. The SMILES string of the molecule is Cc1nc(Nc2ccc(C(=O)O)cc2)ncc1CN1CCC(N2C(=O)N(C3CCOCC3)CC2c2cccc(F)c2)CC1. The lowest BCUT2D eigenvalue weighted by Crippen LogP contribution is -2.48. The van der Waals surface area contributed by atoms with Gasteiger partial charge < -0.3 is 25.0 Å². The number of benzene rings is 2. The van der Waals surface area contributed by atoms with Crippen LogP contribution in [0.5, 0.6) is 0 Å². The van der Waals surface area contributed by atoms with Crippen molar-refractivity contribution in [3.05, 3.63) is 82.9 Å². The van der Waals surface area contributed by atoms with E-state index in [1.54, 1.807) is 24.3 Å². The Kier molecular flexibility index (Phi) is 8.53. The minimum atomic E-state index is -0.970. The van der Waals surface area contributed by atoms with Gasteiger partial charge in [0, 0.05) is 74.6 Å². The first-order valence-corrected chi connectivity index (χ1v) is 14.9. The number of piperidine rings is 1. The number of amides is 2. The molecule has 3 aliphatic rings. The van der Waals surface area contributed by atoms with Crippen LogP contribution >= 0.6 is 0 Å². The molecule has 2 N–H and O–H groups in total. The number of carboxylic acid groups (broad SMARTS) is 1. The Labute approximate surface area is 250 Å². The summed E-state index contributed by atoms with van der Waals surface area (Å²) in [7, 11) is 0. The van der Waals surface area contributed by atoms with Gasteiger partial charge in [0.15, 0.2) is 0 Å². The first kappa shape index (κ1) is 29.0. The lowest BCUT2D eigenvalue weighted by Gasteiger charge is -2.39. The molecule has 0 spiro atoms. The maximum atomic E-state index is 14.2. The van der Waals surface area contributed by atoms with Crippen LogP contribution in [0.3, 0.4) is 0 Å². The normalized spacial score (nSPS) is 20.5. The predicted molar refractivity (Wildman–Crippen MR) is 159 cm³/mol. The molecule has 2 aromatic carbocycles. The second kappa shape index (κ2) is 12.6. The van der Waals surface area contributed by atoms with Crippen molar-refractivity contribution in [2.24, 2.45) is 0 Å². The van der Waals surface area contributed by atoms with Crippen molar-refractivity contribution in [3.8, 4) is 0 Å². The van der Waals surface area contributed by atoms with Gasteiger partial charge in [0.1, 0.15) is 5.82 Å². The Morgan fingerprint density at radius 3 is 2.49 bits per heavy atom. The number of urea groups is 1. The van der Waals surface area contributed by atoms with E-state index in [2.05, 4.69) is 20.2 Å². The van der Waals surface area contributed by atoms with Gasteiger partial charge in [-0.3, -0.25) is 4.90 Å². The number of ether oxygens (including phenoxy) is 1. The fraction of sp³-hybridized carbons (Fsp3) is 0.438. The molecular weight excluding hydrogens is 551 g/mol. The van der Waals surface area contributed by atoms with Crippen LogP contribution in [0.25, 0.3) is 0 Å². The number of carbonyl (C=O) groups excluding carboxylic acids is 1. The molecule has 3 aliphatic heterocycles. The Morgan fingerprint density at radius 2 is 1.81 bits per heavy atom. The number of carbonyl (C=O) groups is 2. The zero-order valence-corrected chi connectivity index (χ0v) is 24.3. The number of halogens is 1. The number of hydrogen-bond donors (Lipinski definition) is 2. The molecule has 0 aliphatic carbocycles. The lowest BCUT2D eigenvalue weighted by molar-refractivity contribution is 0.0493. The summed E-state index contributed by atoms with van der Waals surface area (Å²) >= 11 is 0. The Bertz CT molecular complexity index is 1460. The lowest BCUT2D eigenvalue weighted by atomic mass is 9.98. The predicted octanol–water partition coefficient (Wildman–Crippen LogP) is 4.99. The second-order valence-electron chi connectivity index (χ2n) is 11.6. The monoisotopic (exact) mass is 588 g/mol. The summed E-state index contributed by atoms with van der Waals surface area (Å²) in [6.07, 6.45) is 5.18. The van der Waals surface area contributed by atoms with Crippen molar-refractivity contribution in [1.29, 1.82) is 0 Å². The van der Waals surface area contributed by atoms with Gasteiger partial charge in [-0.2, -0.15) is 0 Å². The first-order valence-electron chi connectivity index (χ1n) is 14.9. The molecule has 0 saturated carbocycles. The molecule has 11 heteroatoms. The third-order valence-corrected chi connectivity index (χ3v) is 8.85. The molecule has 226 valence electrons. The molecule has 1 atom stereocenters. The van der Waals surface area contributed by atoms with E-state index in [0.717, 1.165) is 55.6 Å². The van der Waals surface area contributed by atoms with Gasteiger partial charge in [-0.05, 0) is 74.6 Å². The minimum absolute atomic E-state index is 0.0598. The number of aromatic carboxylic acids is 1. The van der Waals surface area contributed by atoms with E-state index in [4.69, 9.17) is 9.84 Å². The van der Waals surface area contributed by atoms with Crippen LogP contribution in [0.15, 0.2) is 54.7 Å². The van der Waals surface area contributed by atoms with Crippen LogP contribution in [0.2, 0.25) is 0 Å². The number of nitrogens with zero attached hydrogens (tertiary/aromatic N) is 5. The summed E-state index contributed by atoms with van der Waals surface area (Å²) < 4.78 is 19.8. The third kappa shape index (κ3) is 6.47. The quantitative estimate of drug-likeness (QED) is 0.379. The van der Waals surface area contributed by atoms with Crippen molar-refractivity contribution in [3.63, 3.8) is 0 Å². The van der Waals surface area contributed by atoms with Crippen LogP contribution in [-0.4, -0.2) is 86.7 Å². The van der Waals surface area contributed by atoms with Gasteiger partial charge in [-0.25, -0.2) is 23.9 Å². The number of likely N-dealkylation sites (tertiary alicyclic amines) is 1. The summed E-state index contributed by atoms with van der Waals surface area (Å²) in [5, 5.41) is 12.2.